The van der Waals surface area contributed by atoms with E-state index in [1.54, 1.807) is 48.1 Å². The Balaban J connectivity index is 1.76. The molecule has 0 aliphatic carbocycles. The molecule has 2 aromatic rings. The van der Waals surface area contributed by atoms with Gasteiger partial charge in [-0.1, -0.05) is 18.2 Å². The van der Waals surface area contributed by atoms with Crippen LogP contribution in [0.1, 0.15) is 17.3 Å². The molecule has 1 aliphatic rings. The van der Waals surface area contributed by atoms with Gasteiger partial charge in [0, 0.05) is 24.3 Å². The number of anilines is 1. The molecular formula is C19H20N2O3. The first-order valence-corrected chi connectivity index (χ1v) is 7.93. The van der Waals surface area contributed by atoms with Crippen molar-refractivity contribution in [3.63, 3.8) is 0 Å². The fourth-order valence-corrected chi connectivity index (χ4v) is 2.91. The van der Waals surface area contributed by atoms with Crippen LogP contribution in [0.2, 0.25) is 0 Å². The zero-order valence-corrected chi connectivity index (χ0v) is 13.8. The lowest BCUT2D eigenvalue weighted by Gasteiger charge is -2.39. The SMILES string of the molecule is COc1ccc(C(=O)N2CCN(c3ccccc3)C(=O)[C@@H]2C)cc1. The van der Waals surface area contributed by atoms with Crippen molar-refractivity contribution in [1.82, 2.24) is 4.90 Å². The molecule has 5 heteroatoms. The van der Waals surface area contributed by atoms with Gasteiger partial charge in [0.05, 0.1) is 7.11 Å². The van der Waals surface area contributed by atoms with Crippen LogP contribution >= 0.6 is 0 Å². The Kier molecular flexibility index (Phi) is 4.51. The number of methoxy groups -OCH3 is 1. The quantitative estimate of drug-likeness (QED) is 0.872. The molecular weight excluding hydrogens is 304 g/mol. The molecule has 124 valence electrons. The first-order chi connectivity index (χ1) is 11.6. The third-order valence-electron chi connectivity index (χ3n) is 4.32. The summed E-state index contributed by atoms with van der Waals surface area (Å²) in [7, 11) is 1.58. The molecule has 0 N–H and O–H groups in total. The van der Waals surface area contributed by atoms with Crippen LogP contribution in [-0.2, 0) is 4.79 Å². The van der Waals surface area contributed by atoms with Crippen LogP contribution in [0, 0.1) is 0 Å². The van der Waals surface area contributed by atoms with Gasteiger partial charge in [-0.2, -0.15) is 0 Å². The Morgan fingerprint density at radius 1 is 1.04 bits per heavy atom. The van der Waals surface area contributed by atoms with Crippen molar-refractivity contribution in [2.24, 2.45) is 0 Å². The van der Waals surface area contributed by atoms with E-state index in [9.17, 15) is 9.59 Å². The van der Waals surface area contributed by atoms with Gasteiger partial charge < -0.3 is 14.5 Å². The molecule has 0 saturated carbocycles. The van der Waals surface area contributed by atoms with Gasteiger partial charge in [0.2, 0.25) is 5.91 Å². The molecule has 3 rings (SSSR count). The van der Waals surface area contributed by atoms with Crippen molar-refractivity contribution >= 4 is 17.5 Å². The molecule has 1 fully saturated rings. The first kappa shape index (κ1) is 16.1. The molecule has 0 radical (unpaired) electrons. The topological polar surface area (TPSA) is 49.9 Å². The van der Waals surface area contributed by atoms with Gasteiger partial charge in [0.25, 0.3) is 5.91 Å². The van der Waals surface area contributed by atoms with E-state index in [2.05, 4.69) is 0 Å². The van der Waals surface area contributed by atoms with Crippen LogP contribution in [0.5, 0.6) is 5.75 Å². The molecule has 5 nitrogen and oxygen atoms in total. The molecule has 2 amide bonds. The lowest BCUT2D eigenvalue weighted by atomic mass is 10.1. The molecule has 2 aromatic carbocycles. The number of carbonyl (C=O) groups excluding carboxylic acids is 2. The molecule has 24 heavy (non-hydrogen) atoms. The Morgan fingerprint density at radius 3 is 2.33 bits per heavy atom. The number of ether oxygens (including phenoxy) is 1. The standard InChI is InChI=1S/C19H20N2O3/c1-14-18(22)21(16-6-4-3-5-7-16)13-12-20(14)19(23)15-8-10-17(24-2)11-9-15/h3-11,14H,12-13H2,1-2H3/t14-/m0/s1. The average Bonchev–Trinajstić information content (AvgIpc) is 2.64. The van der Waals surface area contributed by atoms with Crippen molar-refractivity contribution < 1.29 is 14.3 Å². The van der Waals surface area contributed by atoms with Gasteiger partial charge in [-0.05, 0) is 43.3 Å². The summed E-state index contributed by atoms with van der Waals surface area (Å²) >= 11 is 0. The Labute approximate surface area is 141 Å². The molecule has 1 aliphatic heterocycles. The van der Waals surface area contributed by atoms with Crippen molar-refractivity contribution in [2.45, 2.75) is 13.0 Å². The number of benzene rings is 2. The molecule has 0 unspecified atom stereocenters. The first-order valence-electron chi connectivity index (χ1n) is 7.93. The number of piperazine rings is 1. The van der Waals surface area contributed by atoms with Gasteiger partial charge in [-0.15, -0.1) is 0 Å². The Hall–Kier alpha value is -2.82. The van der Waals surface area contributed by atoms with Crippen LogP contribution in [-0.4, -0.2) is 43.0 Å². The average molecular weight is 324 g/mol. The number of hydrogen-bond acceptors (Lipinski definition) is 3. The highest BCUT2D eigenvalue weighted by molar-refractivity contribution is 6.03. The maximum absolute atomic E-state index is 12.7. The predicted octanol–water partition coefficient (Wildman–Crippen LogP) is 2.57. The molecule has 0 spiro atoms. The monoisotopic (exact) mass is 324 g/mol. The highest BCUT2D eigenvalue weighted by Gasteiger charge is 2.35. The Morgan fingerprint density at radius 2 is 1.71 bits per heavy atom. The molecule has 1 atom stereocenters. The van der Waals surface area contributed by atoms with Gasteiger partial charge in [-0.3, -0.25) is 9.59 Å². The number of nitrogens with zero attached hydrogens (tertiary/aromatic N) is 2. The number of rotatable bonds is 3. The fraction of sp³-hybridized carbons (Fsp3) is 0.263. The highest BCUT2D eigenvalue weighted by Crippen LogP contribution is 2.22. The van der Waals surface area contributed by atoms with E-state index in [1.807, 2.05) is 30.3 Å². The largest absolute Gasteiger partial charge is 0.497 e. The van der Waals surface area contributed by atoms with Gasteiger partial charge in [0.1, 0.15) is 11.8 Å². The van der Waals surface area contributed by atoms with Gasteiger partial charge >= 0.3 is 0 Å². The second-order valence-corrected chi connectivity index (χ2v) is 5.73. The van der Waals surface area contributed by atoms with Crippen molar-refractivity contribution in [1.29, 1.82) is 0 Å². The summed E-state index contributed by atoms with van der Waals surface area (Å²) in [5, 5.41) is 0. The molecule has 1 saturated heterocycles. The van der Waals surface area contributed by atoms with E-state index < -0.39 is 6.04 Å². The van der Waals surface area contributed by atoms with Crippen LogP contribution in [0.3, 0.4) is 0 Å². The highest BCUT2D eigenvalue weighted by atomic mass is 16.5. The zero-order valence-electron chi connectivity index (χ0n) is 13.8. The van der Waals surface area contributed by atoms with Crippen LogP contribution < -0.4 is 9.64 Å². The summed E-state index contributed by atoms with van der Waals surface area (Å²) < 4.78 is 5.11. The summed E-state index contributed by atoms with van der Waals surface area (Å²) in [6.07, 6.45) is 0. The number of para-hydroxylation sites is 1. The number of amides is 2. The summed E-state index contributed by atoms with van der Waals surface area (Å²) in [5.41, 5.74) is 1.43. The Bertz CT molecular complexity index is 728. The zero-order chi connectivity index (χ0) is 17.1. The third kappa shape index (κ3) is 2.97. The van der Waals surface area contributed by atoms with Crippen LogP contribution in [0.4, 0.5) is 5.69 Å². The summed E-state index contributed by atoms with van der Waals surface area (Å²) in [6, 6.07) is 16.0. The van der Waals surface area contributed by atoms with Crippen molar-refractivity contribution in [3.05, 3.63) is 60.2 Å². The second-order valence-electron chi connectivity index (χ2n) is 5.73. The minimum atomic E-state index is -0.492. The lowest BCUT2D eigenvalue weighted by molar-refractivity contribution is -0.124. The maximum atomic E-state index is 12.7. The van der Waals surface area contributed by atoms with E-state index in [1.165, 1.54) is 0 Å². The van der Waals surface area contributed by atoms with Gasteiger partial charge in [0.15, 0.2) is 0 Å². The predicted molar refractivity (Wildman–Crippen MR) is 92.3 cm³/mol. The fourth-order valence-electron chi connectivity index (χ4n) is 2.91. The van der Waals surface area contributed by atoms with E-state index in [0.717, 1.165) is 5.69 Å². The smallest absolute Gasteiger partial charge is 0.254 e. The summed E-state index contributed by atoms with van der Waals surface area (Å²) in [5.74, 6) is 0.505. The summed E-state index contributed by atoms with van der Waals surface area (Å²) in [4.78, 5) is 28.8. The minimum absolute atomic E-state index is 0.0608. The van der Waals surface area contributed by atoms with Gasteiger partial charge in [-0.25, -0.2) is 0 Å². The summed E-state index contributed by atoms with van der Waals surface area (Å²) in [6.45, 7) is 2.78. The molecule has 0 aromatic heterocycles. The van der Waals surface area contributed by atoms with Crippen LogP contribution in [0.15, 0.2) is 54.6 Å². The van der Waals surface area contributed by atoms with Crippen molar-refractivity contribution in [2.75, 3.05) is 25.1 Å². The van der Waals surface area contributed by atoms with E-state index in [4.69, 9.17) is 4.74 Å². The van der Waals surface area contributed by atoms with Crippen molar-refractivity contribution in [3.8, 4) is 5.75 Å². The van der Waals surface area contributed by atoms with E-state index in [0.29, 0.717) is 24.4 Å². The number of carbonyl (C=O) groups is 2. The minimum Gasteiger partial charge on any atom is -0.497 e. The third-order valence-corrected chi connectivity index (χ3v) is 4.32. The maximum Gasteiger partial charge on any atom is 0.254 e. The number of hydrogen-bond donors (Lipinski definition) is 0. The van der Waals surface area contributed by atoms with Crippen LogP contribution in [0.25, 0.3) is 0 Å². The lowest BCUT2D eigenvalue weighted by Crippen LogP contribution is -2.57. The molecule has 1 heterocycles. The van der Waals surface area contributed by atoms with E-state index >= 15 is 0 Å². The molecule has 0 bridgehead atoms. The van der Waals surface area contributed by atoms with E-state index in [-0.39, 0.29) is 11.8 Å². The normalized spacial score (nSPS) is 17.8. The second kappa shape index (κ2) is 6.74.